The second-order valence-corrected chi connectivity index (χ2v) is 4.01. The zero-order chi connectivity index (χ0) is 10.9. The second-order valence-electron chi connectivity index (χ2n) is 4.01. The van der Waals surface area contributed by atoms with Crippen LogP contribution >= 0.6 is 0 Å². The van der Waals surface area contributed by atoms with Gasteiger partial charge in [-0.2, -0.15) is 0 Å². The van der Waals surface area contributed by atoms with Gasteiger partial charge in [0, 0.05) is 12.7 Å². The molecule has 0 saturated heterocycles. The van der Waals surface area contributed by atoms with Crippen LogP contribution in [0.2, 0.25) is 0 Å². The van der Waals surface area contributed by atoms with E-state index in [9.17, 15) is 0 Å². The summed E-state index contributed by atoms with van der Waals surface area (Å²) in [4.78, 5) is 0. The second kappa shape index (κ2) is 3.66. The van der Waals surface area contributed by atoms with Gasteiger partial charge in [0.25, 0.3) is 0 Å². The molecule has 1 aromatic carbocycles. The van der Waals surface area contributed by atoms with Crippen LogP contribution in [0.15, 0.2) is 24.3 Å². The summed E-state index contributed by atoms with van der Waals surface area (Å²) in [5.74, 6) is 0.119. The minimum absolute atomic E-state index is 0.119. The zero-order valence-electron chi connectivity index (χ0n) is 8.92. The number of benzene rings is 1. The molecule has 80 valence electrons. The Morgan fingerprint density at radius 2 is 2.07 bits per heavy atom. The predicted molar refractivity (Wildman–Crippen MR) is 60.0 cm³/mol. The monoisotopic (exact) mass is 204 g/mol. The quantitative estimate of drug-likeness (QED) is 0.584. The first-order valence-electron chi connectivity index (χ1n) is 5.19. The Morgan fingerprint density at radius 3 is 2.53 bits per heavy atom. The van der Waals surface area contributed by atoms with E-state index in [0.29, 0.717) is 0 Å². The third-order valence-corrected chi connectivity index (χ3v) is 3.26. The van der Waals surface area contributed by atoms with Crippen LogP contribution in [0.1, 0.15) is 30.4 Å². The van der Waals surface area contributed by atoms with E-state index < -0.39 is 0 Å². The zero-order valence-corrected chi connectivity index (χ0v) is 8.92. The van der Waals surface area contributed by atoms with Crippen molar-refractivity contribution >= 4 is 5.84 Å². The van der Waals surface area contributed by atoms with E-state index in [4.69, 9.17) is 15.9 Å². The molecule has 0 spiro atoms. The highest BCUT2D eigenvalue weighted by Gasteiger charge is 2.40. The number of rotatable bonds is 3. The molecule has 0 aliphatic heterocycles. The Hall–Kier alpha value is -1.35. The van der Waals surface area contributed by atoms with E-state index in [2.05, 4.69) is 0 Å². The summed E-state index contributed by atoms with van der Waals surface area (Å²) in [5.41, 5.74) is 7.25. The SMILES string of the molecule is COC1(c2ccccc2C(=N)N)CCC1. The molecule has 15 heavy (non-hydrogen) atoms. The summed E-state index contributed by atoms with van der Waals surface area (Å²) in [7, 11) is 1.73. The van der Waals surface area contributed by atoms with Crippen molar-refractivity contribution in [2.45, 2.75) is 24.9 Å². The van der Waals surface area contributed by atoms with Crippen molar-refractivity contribution in [1.29, 1.82) is 5.41 Å². The van der Waals surface area contributed by atoms with Crippen molar-refractivity contribution < 1.29 is 4.74 Å². The molecule has 0 aromatic heterocycles. The maximum atomic E-state index is 7.55. The third-order valence-electron chi connectivity index (χ3n) is 3.26. The van der Waals surface area contributed by atoms with Gasteiger partial charge in [-0.3, -0.25) is 5.41 Å². The number of amidine groups is 1. The molecule has 3 N–H and O–H groups in total. The highest BCUT2D eigenvalue weighted by molar-refractivity contribution is 5.96. The minimum atomic E-state index is -0.192. The summed E-state index contributed by atoms with van der Waals surface area (Å²) < 4.78 is 5.60. The van der Waals surface area contributed by atoms with Crippen LogP contribution in [0.25, 0.3) is 0 Å². The largest absolute Gasteiger partial charge is 0.384 e. The van der Waals surface area contributed by atoms with Gasteiger partial charge in [-0.05, 0) is 24.8 Å². The van der Waals surface area contributed by atoms with Crippen LogP contribution in [0.3, 0.4) is 0 Å². The van der Waals surface area contributed by atoms with Gasteiger partial charge >= 0.3 is 0 Å². The maximum absolute atomic E-state index is 7.55. The summed E-state index contributed by atoms with van der Waals surface area (Å²) >= 11 is 0. The van der Waals surface area contributed by atoms with Gasteiger partial charge in [-0.1, -0.05) is 24.3 Å². The number of nitrogens with one attached hydrogen (secondary N) is 1. The Morgan fingerprint density at radius 1 is 1.40 bits per heavy atom. The van der Waals surface area contributed by atoms with E-state index in [1.807, 2.05) is 24.3 Å². The molecular weight excluding hydrogens is 188 g/mol. The highest BCUT2D eigenvalue weighted by atomic mass is 16.5. The van der Waals surface area contributed by atoms with Crippen LogP contribution in [-0.4, -0.2) is 12.9 Å². The van der Waals surface area contributed by atoms with Gasteiger partial charge in [-0.25, -0.2) is 0 Å². The van der Waals surface area contributed by atoms with Crippen molar-refractivity contribution in [2.24, 2.45) is 5.73 Å². The van der Waals surface area contributed by atoms with Gasteiger partial charge in [-0.15, -0.1) is 0 Å². The average molecular weight is 204 g/mol. The van der Waals surface area contributed by atoms with Crippen molar-refractivity contribution in [2.75, 3.05) is 7.11 Å². The Labute approximate surface area is 89.8 Å². The third kappa shape index (κ3) is 1.53. The van der Waals surface area contributed by atoms with E-state index in [1.165, 1.54) is 6.42 Å². The lowest BCUT2D eigenvalue weighted by Crippen LogP contribution is -2.38. The number of hydrogen-bond donors (Lipinski definition) is 2. The number of ether oxygens (including phenoxy) is 1. The van der Waals surface area contributed by atoms with Gasteiger partial charge in [0.1, 0.15) is 5.84 Å². The van der Waals surface area contributed by atoms with Crippen LogP contribution in [-0.2, 0) is 10.3 Å². The van der Waals surface area contributed by atoms with Gasteiger partial charge < -0.3 is 10.5 Å². The van der Waals surface area contributed by atoms with Crippen LogP contribution in [0, 0.1) is 5.41 Å². The summed E-state index contributed by atoms with van der Waals surface area (Å²) in [6.45, 7) is 0. The van der Waals surface area contributed by atoms with E-state index in [1.54, 1.807) is 7.11 Å². The number of methoxy groups -OCH3 is 1. The first-order valence-corrected chi connectivity index (χ1v) is 5.19. The van der Waals surface area contributed by atoms with Gasteiger partial charge in [0.15, 0.2) is 0 Å². The fraction of sp³-hybridized carbons (Fsp3) is 0.417. The summed E-state index contributed by atoms with van der Waals surface area (Å²) in [5, 5.41) is 7.55. The summed E-state index contributed by atoms with van der Waals surface area (Å²) in [6.07, 6.45) is 3.22. The van der Waals surface area contributed by atoms with Crippen LogP contribution in [0.4, 0.5) is 0 Å². The normalized spacial score (nSPS) is 18.2. The standard InChI is InChI=1S/C12H16N2O/c1-15-12(7-4-8-12)10-6-3-2-5-9(10)11(13)14/h2-3,5-6H,4,7-8H2,1H3,(H3,13,14). The van der Waals surface area contributed by atoms with E-state index in [0.717, 1.165) is 24.0 Å². The van der Waals surface area contributed by atoms with Crippen LogP contribution in [0.5, 0.6) is 0 Å². The smallest absolute Gasteiger partial charge is 0.123 e. The van der Waals surface area contributed by atoms with Crippen molar-refractivity contribution in [1.82, 2.24) is 0 Å². The van der Waals surface area contributed by atoms with E-state index in [-0.39, 0.29) is 11.4 Å². The molecule has 0 amide bonds. The number of nitrogens with two attached hydrogens (primary N) is 1. The fourth-order valence-corrected chi connectivity index (χ4v) is 2.20. The maximum Gasteiger partial charge on any atom is 0.123 e. The fourth-order valence-electron chi connectivity index (χ4n) is 2.20. The lowest BCUT2D eigenvalue weighted by atomic mass is 9.73. The predicted octanol–water partition coefficient (Wildman–Crippen LogP) is 2.00. The molecule has 0 heterocycles. The molecule has 2 rings (SSSR count). The lowest BCUT2D eigenvalue weighted by molar-refractivity contribution is -0.0779. The summed E-state index contributed by atoms with van der Waals surface area (Å²) in [6, 6.07) is 7.78. The molecule has 1 aliphatic carbocycles. The molecule has 1 saturated carbocycles. The Kier molecular flexibility index (Phi) is 2.49. The first kappa shape index (κ1) is 10.2. The first-order chi connectivity index (χ1) is 7.19. The molecular formula is C12H16N2O. The number of nitrogen functional groups attached to an aromatic ring is 1. The molecule has 3 heteroatoms. The molecule has 0 atom stereocenters. The number of hydrogen-bond acceptors (Lipinski definition) is 2. The van der Waals surface area contributed by atoms with Gasteiger partial charge in [0.2, 0.25) is 0 Å². The Bertz CT molecular complexity index is 377. The molecule has 0 radical (unpaired) electrons. The molecule has 3 nitrogen and oxygen atoms in total. The highest BCUT2D eigenvalue weighted by Crippen LogP contribution is 2.45. The van der Waals surface area contributed by atoms with Gasteiger partial charge in [0.05, 0.1) is 5.60 Å². The van der Waals surface area contributed by atoms with Crippen molar-refractivity contribution in [3.8, 4) is 0 Å². The molecule has 1 aliphatic rings. The van der Waals surface area contributed by atoms with E-state index >= 15 is 0 Å². The topological polar surface area (TPSA) is 59.1 Å². The average Bonchev–Trinajstić information content (AvgIpc) is 2.17. The lowest BCUT2D eigenvalue weighted by Gasteiger charge is -2.42. The van der Waals surface area contributed by atoms with Crippen molar-refractivity contribution in [3.63, 3.8) is 0 Å². The minimum Gasteiger partial charge on any atom is -0.384 e. The molecule has 1 aromatic rings. The molecule has 0 bridgehead atoms. The Balaban J connectivity index is 2.46. The van der Waals surface area contributed by atoms with Crippen molar-refractivity contribution in [3.05, 3.63) is 35.4 Å². The molecule has 1 fully saturated rings. The molecule has 0 unspecified atom stereocenters. The van der Waals surface area contributed by atoms with Crippen LogP contribution < -0.4 is 5.73 Å².